The number of amides is 2. The molecule has 0 saturated heterocycles. The van der Waals surface area contributed by atoms with Crippen LogP contribution in [0.3, 0.4) is 0 Å². The van der Waals surface area contributed by atoms with Gasteiger partial charge in [-0.3, -0.25) is 29.1 Å². The minimum Gasteiger partial charge on any atom is -0.377 e. The molecule has 1 aliphatic heterocycles. The van der Waals surface area contributed by atoms with E-state index in [9.17, 15) is 37.6 Å². The average Bonchev–Trinajstić information content (AvgIpc) is 3.84. The molecule has 2 aromatic rings. The second-order valence-electron chi connectivity index (χ2n) is 23.0. The fraction of sp³-hybridized carbons (Fsp3) is 0.600. The molecule has 6 atom stereocenters. The number of anilines is 2. The third-order valence-corrected chi connectivity index (χ3v) is 17.7. The standard InChI is InChI=1S/C60H78F3N5O8/c1-10-43-44-34-39(12-17-47(44)68(52(43)65-9)42-15-13-41(14-16-42)60(61,62)63)53(71)66-24-26-73-28-30-75-32-33-76-31-29-74-27-25-67-54(72)59(23-22-55(3,4)11-2)21-18-46-45(37-59)48(69)35-50-57(46,7)20-19-49-56(5,6)51(70)40(38-64)36-58(49,50)8/h10,12-17,34-36,45-46,49H,11,18-33,37H2,1-9H3,(H,66,71)(H,67,72)/b43-10-,65-52+/t45-,46?,49?,57+,58+,59-/m1/s1. The van der Waals surface area contributed by atoms with E-state index >= 15 is 0 Å². The first-order valence-electron chi connectivity index (χ1n) is 27.1. The van der Waals surface area contributed by atoms with Crippen molar-refractivity contribution in [2.75, 3.05) is 77.9 Å². The molecule has 76 heavy (non-hydrogen) atoms. The number of allylic oxidation sites excluding steroid dienone is 5. The first-order chi connectivity index (χ1) is 36.0. The fourth-order valence-electron chi connectivity index (χ4n) is 13.1. The Morgan fingerprint density at radius 3 is 2.08 bits per heavy atom. The van der Waals surface area contributed by atoms with Gasteiger partial charge in [-0.2, -0.15) is 18.4 Å². The third-order valence-electron chi connectivity index (χ3n) is 17.7. The number of ether oxygens (including phenoxy) is 4. The molecule has 16 heteroatoms. The van der Waals surface area contributed by atoms with Crippen LogP contribution in [0.15, 0.2) is 76.8 Å². The summed E-state index contributed by atoms with van der Waals surface area (Å²) in [5, 5.41) is 16.1. The van der Waals surface area contributed by atoms with Gasteiger partial charge in [-0.25, -0.2) is 0 Å². The molecule has 0 radical (unpaired) electrons. The smallest absolute Gasteiger partial charge is 0.377 e. The second kappa shape index (κ2) is 23.6. The average molecular weight is 1050 g/mol. The van der Waals surface area contributed by atoms with E-state index in [1.165, 1.54) is 12.1 Å². The molecule has 0 bridgehead atoms. The predicted molar refractivity (Wildman–Crippen MR) is 287 cm³/mol. The number of rotatable bonds is 22. The number of nitrogens with one attached hydrogen (secondary N) is 2. The number of nitriles is 1. The SMILES string of the molecule is C/C=C1\C(=N/C)N(c2ccc(C(F)(F)F)cc2)c2ccc(C(=O)NCCOCCOCCOCCOCCNC(=O)[C@@]3(CCC(C)(C)CC)CCC4[C@@H](C3)C(=O)C=C3[C@@]5(C)C=C(C#N)C(=O)C(C)(C)C5CC[C@]34C)cc21. The molecule has 412 valence electrons. The monoisotopic (exact) mass is 1050 g/mol. The van der Waals surface area contributed by atoms with Crippen LogP contribution in [0.25, 0.3) is 5.57 Å². The Kier molecular flexibility index (Phi) is 18.1. The van der Waals surface area contributed by atoms with Gasteiger partial charge in [-0.15, -0.1) is 0 Å². The van der Waals surface area contributed by atoms with Gasteiger partial charge in [0.1, 0.15) is 11.9 Å². The maximum Gasteiger partial charge on any atom is 0.416 e. The zero-order valence-electron chi connectivity index (χ0n) is 46.0. The lowest BCUT2D eigenvalue weighted by Crippen LogP contribution is -2.58. The van der Waals surface area contributed by atoms with Crippen LogP contribution < -0.4 is 15.5 Å². The van der Waals surface area contributed by atoms with Gasteiger partial charge < -0.3 is 29.6 Å². The van der Waals surface area contributed by atoms with Crippen molar-refractivity contribution < 1.29 is 51.3 Å². The molecule has 4 aliphatic carbocycles. The summed E-state index contributed by atoms with van der Waals surface area (Å²) in [6.45, 7) is 20.1. The fourth-order valence-corrected chi connectivity index (χ4v) is 13.1. The highest BCUT2D eigenvalue weighted by molar-refractivity contribution is 6.37. The van der Waals surface area contributed by atoms with Crippen molar-refractivity contribution in [1.82, 2.24) is 10.6 Å². The normalized spacial score (nSPS) is 27.0. The van der Waals surface area contributed by atoms with Crippen LogP contribution in [0.2, 0.25) is 0 Å². The summed E-state index contributed by atoms with van der Waals surface area (Å²) in [5.41, 5.74) is 1.42. The number of nitrogens with zero attached hydrogens (tertiary/aromatic N) is 3. The van der Waals surface area contributed by atoms with Crippen LogP contribution in [0.4, 0.5) is 24.5 Å². The van der Waals surface area contributed by atoms with E-state index in [2.05, 4.69) is 56.3 Å². The number of alkyl halides is 3. The van der Waals surface area contributed by atoms with Crippen molar-refractivity contribution in [3.63, 3.8) is 0 Å². The van der Waals surface area contributed by atoms with E-state index in [-0.39, 0.29) is 70.7 Å². The lowest BCUT2D eigenvalue weighted by Gasteiger charge is -2.62. The molecule has 2 N–H and O–H groups in total. The molecular weight excluding hydrogens is 976 g/mol. The third kappa shape index (κ3) is 11.8. The van der Waals surface area contributed by atoms with Crippen molar-refractivity contribution in [3.05, 3.63) is 88.5 Å². The molecule has 13 nitrogen and oxygen atoms in total. The van der Waals surface area contributed by atoms with Gasteiger partial charge in [0.25, 0.3) is 5.91 Å². The maximum atomic E-state index is 14.4. The minimum atomic E-state index is -4.45. The summed E-state index contributed by atoms with van der Waals surface area (Å²) < 4.78 is 62.5. The first-order valence-corrected chi connectivity index (χ1v) is 27.1. The maximum absolute atomic E-state index is 14.4. The Hall–Kier alpha value is -5.47. The van der Waals surface area contributed by atoms with Crippen molar-refractivity contribution >= 4 is 46.2 Å². The largest absolute Gasteiger partial charge is 0.416 e. The number of ketones is 2. The van der Waals surface area contributed by atoms with Crippen LogP contribution in [0.1, 0.15) is 128 Å². The molecule has 1 heterocycles. The minimum absolute atomic E-state index is 0.0150. The highest BCUT2D eigenvalue weighted by atomic mass is 19.4. The van der Waals surface area contributed by atoms with E-state index in [1.54, 1.807) is 30.1 Å². The number of halogens is 3. The van der Waals surface area contributed by atoms with E-state index in [0.717, 1.165) is 60.9 Å². The highest BCUT2D eigenvalue weighted by Gasteiger charge is 2.64. The molecular formula is C60H78F3N5O8. The van der Waals surface area contributed by atoms with Gasteiger partial charge in [0.2, 0.25) is 5.91 Å². The van der Waals surface area contributed by atoms with Crippen molar-refractivity contribution in [2.24, 2.45) is 49.8 Å². The number of carbonyl (C=O) groups is 4. The lowest BCUT2D eigenvalue weighted by molar-refractivity contribution is -0.143. The summed E-state index contributed by atoms with van der Waals surface area (Å²) in [4.78, 5) is 61.5. The Morgan fingerprint density at radius 2 is 1.50 bits per heavy atom. The van der Waals surface area contributed by atoms with E-state index in [0.29, 0.717) is 94.8 Å². The molecule has 5 aliphatic rings. The van der Waals surface area contributed by atoms with Gasteiger partial charge in [0, 0.05) is 64.7 Å². The van der Waals surface area contributed by atoms with Crippen molar-refractivity contribution in [2.45, 2.75) is 113 Å². The van der Waals surface area contributed by atoms with Crippen LogP contribution in [0.5, 0.6) is 0 Å². The van der Waals surface area contributed by atoms with Gasteiger partial charge in [0.05, 0.1) is 69.7 Å². The number of hydrogen-bond donors (Lipinski definition) is 2. The Balaban J connectivity index is 0.791. The van der Waals surface area contributed by atoms with Gasteiger partial charge in [-0.1, -0.05) is 72.6 Å². The van der Waals surface area contributed by atoms with Gasteiger partial charge in [-0.05, 0) is 123 Å². The van der Waals surface area contributed by atoms with Crippen LogP contribution in [-0.2, 0) is 39.5 Å². The molecule has 2 amide bonds. The van der Waals surface area contributed by atoms with Crippen molar-refractivity contribution in [1.29, 1.82) is 5.26 Å². The lowest BCUT2D eigenvalue weighted by atomic mass is 9.41. The zero-order chi connectivity index (χ0) is 55.3. The van der Waals surface area contributed by atoms with Crippen molar-refractivity contribution in [3.8, 4) is 6.07 Å². The van der Waals surface area contributed by atoms with Crippen LogP contribution in [0, 0.1) is 56.2 Å². The molecule has 0 spiro atoms. The Bertz CT molecular complexity index is 2670. The highest BCUT2D eigenvalue weighted by Crippen LogP contribution is 2.68. The quantitative estimate of drug-likeness (QED) is 0.108. The number of hydrogen-bond acceptors (Lipinski definition) is 10. The number of benzene rings is 2. The second-order valence-corrected chi connectivity index (χ2v) is 23.0. The number of fused-ring (bicyclic) bond motifs is 6. The summed E-state index contributed by atoms with van der Waals surface area (Å²) >= 11 is 0. The summed E-state index contributed by atoms with van der Waals surface area (Å²) in [5.74, 6) is -0.0292. The molecule has 0 aromatic heterocycles. The Morgan fingerprint density at radius 1 is 0.882 bits per heavy atom. The molecule has 2 saturated carbocycles. The van der Waals surface area contributed by atoms with Crippen LogP contribution >= 0.6 is 0 Å². The van der Waals surface area contributed by atoms with Gasteiger partial charge in [0.15, 0.2) is 11.6 Å². The van der Waals surface area contributed by atoms with E-state index in [4.69, 9.17) is 18.9 Å². The summed E-state index contributed by atoms with van der Waals surface area (Å²) in [6, 6.07) is 12.3. The molecule has 7 rings (SSSR count). The number of aliphatic imine (C=N–C) groups is 1. The predicted octanol–water partition coefficient (Wildman–Crippen LogP) is 10.8. The number of amidine groups is 1. The molecule has 2 unspecified atom stereocenters. The Labute approximate surface area is 447 Å². The zero-order valence-corrected chi connectivity index (χ0v) is 46.0. The first kappa shape index (κ1) is 58.2. The van der Waals surface area contributed by atoms with Crippen LogP contribution in [-0.4, -0.2) is 102 Å². The summed E-state index contributed by atoms with van der Waals surface area (Å²) in [7, 11) is 1.62. The topological polar surface area (TPSA) is 169 Å². The molecule has 2 fully saturated rings. The van der Waals surface area contributed by atoms with E-state index < -0.39 is 28.0 Å². The van der Waals surface area contributed by atoms with Gasteiger partial charge >= 0.3 is 6.18 Å². The van der Waals surface area contributed by atoms with E-state index in [1.807, 2.05) is 39.0 Å². The number of carbonyl (C=O) groups excluding carboxylic acids is 4. The summed E-state index contributed by atoms with van der Waals surface area (Å²) in [6.07, 6.45) is 7.30. The molecule has 2 aromatic carbocycles. The number of Topliss-reactive ketones (excluding diaryl/α,β-unsaturated/α-hetero) is 1.